The monoisotopic (exact) mass is 536 g/mol. The van der Waals surface area contributed by atoms with Crippen molar-refractivity contribution in [2.45, 2.75) is 0 Å². The molecule has 0 saturated heterocycles. The zero-order valence-electron chi connectivity index (χ0n) is 22.7. The molecule has 0 N–H and O–H groups in total. The Labute approximate surface area is 241 Å². The summed E-state index contributed by atoms with van der Waals surface area (Å²) in [5, 5.41) is 7.05. The highest BCUT2D eigenvalue weighted by Crippen LogP contribution is 2.42. The van der Waals surface area contributed by atoms with Crippen LogP contribution in [0.2, 0.25) is 0 Å². The highest BCUT2D eigenvalue weighted by molar-refractivity contribution is 6.18. The largest absolute Gasteiger partial charge is 0.455 e. The van der Waals surface area contributed by atoms with Crippen LogP contribution in [0.3, 0.4) is 0 Å². The Morgan fingerprint density at radius 1 is 0.500 bits per heavy atom. The third kappa shape index (κ3) is 3.44. The Kier molecular flexibility index (Phi) is 4.90. The summed E-state index contributed by atoms with van der Waals surface area (Å²) in [5.41, 5.74) is 8.39. The van der Waals surface area contributed by atoms with Crippen LogP contribution in [0.25, 0.3) is 82.7 Å². The zero-order chi connectivity index (χ0) is 27.6. The second kappa shape index (κ2) is 8.92. The van der Waals surface area contributed by atoms with Gasteiger partial charge in [-0.15, -0.1) is 0 Å². The second-order valence-electron chi connectivity index (χ2n) is 10.8. The van der Waals surface area contributed by atoms with Crippen molar-refractivity contribution in [2.24, 2.45) is 0 Å². The number of hydrogen-bond donors (Lipinski definition) is 0. The van der Waals surface area contributed by atoms with Crippen molar-refractivity contribution in [1.29, 1.82) is 0 Å². The van der Waals surface area contributed by atoms with Crippen LogP contribution >= 0.6 is 0 Å². The topological polar surface area (TPSA) is 31.0 Å². The van der Waals surface area contributed by atoms with Crippen molar-refractivity contribution < 1.29 is 4.42 Å². The first-order valence-electron chi connectivity index (χ1n) is 14.2. The van der Waals surface area contributed by atoms with Crippen LogP contribution in [0.1, 0.15) is 0 Å². The molecule has 0 aliphatic carbocycles. The second-order valence-corrected chi connectivity index (χ2v) is 10.8. The minimum Gasteiger partial charge on any atom is -0.455 e. The lowest BCUT2D eigenvalue weighted by Gasteiger charge is -2.13. The number of imidazole rings is 1. The molecule has 2 heterocycles. The minimum absolute atomic E-state index is 0.913. The molecule has 0 spiro atoms. The van der Waals surface area contributed by atoms with Crippen molar-refractivity contribution in [1.82, 2.24) is 9.55 Å². The average Bonchev–Trinajstić information content (AvgIpc) is 3.62. The number of rotatable bonds is 3. The van der Waals surface area contributed by atoms with Gasteiger partial charge in [0, 0.05) is 27.6 Å². The molecule has 0 atom stereocenters. The summed E-state index contributed by atoms with van der Waals surface area (Å²) in [6, 6.07) is 51.3. The quantitative estimate of drug-likeness (QED) is 0.225. The molecule has 0 radical (unpaired) electrons. The standard InChI is InChI=1S/C39H24N2O/c1-2-10-25(11-3-1)39-40-34-15-7-8-16-35(34)41(39)30-21-20-26-22-29(19-18-27(26)23-30)37-31-13-5-4-12-28(31)24-33-32-14-6-9-17-36(32)42-38(33)37/h1-24H. The Morgan fingerprint density at radius 2 is 1.24 bits per heavy atom. The van der Waals surface area contributed by atoms with E-state index in [2.05, 4.69) is 132 Å². The molecule has 0 amide bonds. The van der Waals surface area contributed by atoms with Crippen molar-refractivity contribution >= 4 is 54.5 Å². The Bertz CT molecular complexity index is 2470. The van der Waals surface area contributed by atoms with Crippen LogP contribution in [0.5, 0.6) is 0 Å². The molecule has 9 rings (SSSR count). The van der Waals surface area contributed by atoms with Gasteiger partial charge in [-0.3, -0.25) is 4.57 Å². The van der Waals surface area contributed by atoms with Gasteiger partial charge in [0.2, 0.25) is 0 Å². The summed E-state index contributed by atoms with van der Waals surface area (Å²) in [5.74, 6) is 0.941. The molecule has 2 aromatic heterocycles. The van der Waals surface area contributed by atoms with Gasteiger partial charge in [0.25, 0.3) is 0 Å². The van der Waals surface area contributed by atoms with E-state index < -0.39 is 0 Å². The average molecular weight is 537 g/mol. The fourth-order valence-electron chi connectivity index (χ4n) is 6.41. The summed E-state index contributed by atoms with van der Waals surface area (Å²) < 4.78 is 8.78. The molecule has 196 valence electrons. The van der Waals surface area contributed by atoms with Gasteiger partial charge in [-0.25, -0.2) is 4.98 Å². The Balaban J connectivity index is 1.25. The Hall–Kier alpha value is -5.67. The van der Waals surface area contributed by atoms with Gasteiger partial charge in [0.15, 0.2) is 0 Å². The molecule has 0 aliphatic heterocycles. The number of para-hydroxylation sites is 3. The molecule has 42 heavy (non-hydrogen) atoms. The third-order valence-electron chi connectivity index (χ3n) is 8.35. The zero-order valence-corrected chi connectivity index (χ0v) is 22.7. The molecule has 0 saturated carbocycles. The van der Waals surface area contributed by atoms with E-state index in [1.54, 1.807) is 0 Å². The first-order chi connectivity index (χ1) is 20.8. The minimum atomic E-state index is 0.913. The lowest BCUT2D eigenvalue weighted by Crippen LogP contribution is -1.97. The van der Waals surface area contributed by atoms with Gasteiger partial charge in [-0.05, 0) is 69.6 Å². The highest BCUT2D eigenvalue weighted by atomic mass is 16.3. The Morgan fingerprint density at radius 3 is 2.17 bits per heavy atom. The summed E-state index contributed by atoms with van der Waals surface area (Å²) >= 11 is 0. The van der Waals surface area contributed by atoms with E-state index in [-0.39, 0.29) is 0 Å². The number of aromatic nitrogens is 2. The van der Waals surface area contributed by atoms with Gasteiger partial charge >= 0.3 is 0 Å². The van der Waals surface area contributed by atoms with Gasteiger partial charge in [-0.2, -0.15) is 0 Å². The van der Waals surface area contributed by atoms with Gasteiger partial charge in [0.05, 0.1) is 11.0 Å². The van der Waals surface area contributed by atoms with Crippen LogP contribution in [0.4, 0.5) is 0 Å². The van der Waals surface area contributed by atoms with E-state index in [1.807, 2.05) is 18.2 Å². The maximum atomic E-state index is 6.51. The van der Waals surface area contributed by atoms with E-state index in [9.17, 15) is 0 Å². The van der Waals surface area contributed by atoms with Gasteiger partial charge in [-0.1, -0.05) is 103 Å². The molecule has 0 fully saturated rings. The fourth-order valence-corrected chi connectivity index (χ4v) is 6.41. The number of fused-ring (bicyclic) bond motifs is 6. The molecular weight excluding hydrogens is 512 g/mol. The molecule has 0 bridgehead atoms. The van der Waals surface area contributed by atoms with Crippen LogP contribution in [-0.2, 0) is 0 Å². The van der Waals surface area contributed by atoms with Gasteiger partial charge < -0.3 is 4.42 Å². The lowest BCUT2D eigenvalue weighted by atomic mass is 9.93. The summed E-state index contributed by atoms with van der Waals surface area (Å²) in [6.45, 7) is 0. The molecule has 7 aromatic carbocycles. The van der Waals surface area contributed by atoms with E-state index in [4.69, 9.17) is 9.40 Å². The fraction of sp³-hybridized carbons (Fsp3) is 0. The predicted octanol–water partition coefficient (Wildman–Crippen LogP) is 10.6. The van der Waals surface area contributed by atoms with Crippen LogP contribution in [0.15, 0.2) is 150 Å². The summed E-state index contributed by atoms with van der Waals surface area (Å²) in [7, 11) is 0. The number of furan rings is 1. The van der Waals surface area contributed by atoms with Crippen LogP contribution in [0, 0.1) is 0 Å². The normalized spacial score (nSPS) is 11.8. The lowest BCUT2D eigenvalue weighted by molar-refractivity contribution is 0.670. The third-order valence-corrected chi connectivity index (χ3v) is 8.35. The first-order valence-corrected chi connectivity index (χ1v) is 14.2. The molecule has 3 heteroatoms. The van der Waals surface area contributed by atoms with E-state index in [1.165, 1.54) is 21.5 Å². The van der Waals surface area contributed by atoms with Crippen molar-refractivity contribution in [2.75, 3.05) is 0 Å². The van der Waals surface area contributed by atoms with Crippen LogP contribution < -0.4 is 0 Å². The predicted molar refractivity (Wildman–Crippen MR) is 174 cm³/mol. The maximum Gasteiger partial charge on any atom is 0.145 e. The number of benzene rings is 7. The first kappa shape index (κ1) is 23.1. The van der Waals surface area contributed by atoms with Crippen LogP contribution in [-0.4, -0.2) is 9.55 Å². The summed E-state index contributed by atoms with van der Waals surface area (Å²) in [6.07, 6.45) is 0. The van der Waals surface area contributed by atoms with Crippen molar-refractivity contribution in [3.8, 4) is 28.2 Å². The number of nitrogens with zero attached hydrogens (tertiary/aromatic N) is 2. The van der Waals surface area contributed by atoms with E-state index in [0.29, 0.717) is 0 Å². The smallest absolute Gasteiger partial charge is 0.145 e. The molecule has 0 unspecified atom stereocenters. The molecule has 3 nitrogen and oxygen atoms in total. The SMILES string of the molecule is c1ccc(-c2nc3ccccc3n2-c2ccc3cc(-c4c5ccccc5cc5c4oc4ccccc45)ccc3c2)cc1. The highest BCUT2D eigenvalue weighted by Gasteiger charge is 2.18. The number of hydrogen-bond acceptors (Lipinski definition) is 2. The van der Waals surface area contributed by atoms with E-state index in [0.717, 1.165) is 61.2 Å². The van der Waals surface area contributed by atoms with E-state index >= 15 is 0 Å². The molecule has 0 aliphatic rings. The molecule has 9 aromatic rings. The summed E-state index contributed by atoms with van der Waals surface area (Å²) in [4.78, 5) is 5.02. The van der Waals surface area contributed by atoms with Crippen molar-refractivity contribution in [3.05, 3.63) is 146 Å². The van der Waals surface area contributed by atoms with Gasteiger partial charge in [0.1, 0.15) is 17.0 Å². The maximum absolute atomic E-state index is 6.51. The van der Waals surface area contributed by atoms with Crippen molar-refractivity contribution in [3.63, 3.8) is 0 Å². The molecular formula is C39H24N2O.